The molecule has 8 heteroatoms. The predicted octanol–water partition coefficient (Wildman–Crippen LogP) is 3.95. The molecule has 0 saturated heterocycles. The number of aromatic nitrogens is 5. The summed E-state index contributed by atoms with van der Waals surface area (Å²) in [6.45, 7) is 0. The van der Waals surface area contributed by atoms with Gasteiger partial charge >= 0.3 is 0 Å². The lowest BCUT2D eigenvalue weighted by molar-refractivity contribution is 0.403. The van der Waals surface area contributed by atoms with Gasteiger partial charge in [0.25, 0.3) is 5.88 Å². The lowest BCUT2D eigenvalue weighted by Gasteiger charge is -2.32. The van der Waals surface area contributed by atoms with Crippen molar-refractivity contribution in [1.82, 2.24) is 23.9 Å². The van der Waals surface area contributed by atoms with E-state index in [1.807, 2.05) is 17.8 Å². The molecule has 1 N–H and O–H groups in total. The zero-order valence-corrected chi connectivity index (χ0v) is 16.0. The number of ether oxygens (including phenoxy) is 1. The molecule has 27 heavy (non-hydrogen) atoms. The van der Waals surface area contributed by atoms with Gasteiger partial charge in [0.15, 0.2) is 5.69 Å². The second-order valence-electron chi connectivity index (χ2n) is 6.30. The Morgan fingerprint density at radius 2 is 2.04 bits per heavy atom. The molecule has 1 unspecified atom stereocenters. The molecule has 1 aliphatic rings. The quantitative estimate of drug-likeness (QED) is 0.568. The maximum absolute atomic E-state index is 5.32. The standard InChI is InChI=1S/C19H15N5OS2/c1-25-18-17(23-27-24-18)16-13-7-8-19(9-14(13)21-22-16,15-10-20-11-26-15)12-5-3-2-4-6-12/h2-8,10-11H,9H2,1H3,(H,21,22). The van der Waals surface area contributed by atoms with Crippen molar-refractivity contribution >= 4 is 29.1 Å². The van der Waals surface area contributed by atoms with Crippen molar-refractivity contribution in [2.45, 2.75) is 11.8 Å². The van der Waals surface area contributed by atoms with Crippen LogP contribution in [0.25, 0.3) is 17.5 Å². The van der Waals surface area contributed by atoms with Gasteiger partial charge in [-0.2, -0.15) is 9.47 Å². The molecule has 6 nitrogen and oxygen atoms in total. The van der Waals surface area contributed by atoms with Crippen molar-refractivity contribution in [3.63, 3.8) is 0 Å². The number of methoxy groups -OCH3 is 1. The minimum Gasteiger partial charge on any atom is -0.479 e. The third-order valence-corrected chi connectivity index (χ3v) is 6.37. The molecule has 3 aromatic heterocycles. The molecule has 0 saturated carbocycles. The van der Waals surface area contributed by atoms with Gasteiger partial charge in [-0.1, -0.05) is 42.5 Å². The Hall–Kier alpha value is -2.84. The minimum atomic E-state index is -0.260. The van der Waals surface area contributed by atoms with Gasteiger partial charge in [0.1, 0.15) is 5.69 Å². The van der Waals surface area contributed by atoms with Crippen molar-refractivity contribution in [2.24, 2.45) is 0 Å². The third-order valence-electron chi connectivity index (χ3n) is 4.91. The molecule has 1 aliphatic carbocycles. The van der Waals surface area contributed by atoms with Gasteiger partial charge in [0.05, 0.1) is 29.8 Å². The predicted molar refractivity (Wildman–Crippen MR) is 106 cm³/mol. The molecule has 0 spiro atoms. The first-order valence-corrected chi connectivity index (χ1v) is 10.0. The highest BCUT2D eigenvalue weighted by atomic mass is 32.1. The van der Waals surface area contributed by atoms with Gasteiger partial charge < -0.3 is 4.74 Å². The number of aromatic amines is 1. The summed E-state index contributed by atoms with van der Waals surface area (Å²) in [7, 11) is 1.60. The Bertz CT molecular complexity index is 1100. The van der Waals surface area contributed by atoms with Crippen LogP contribution in [-0.2, 0) is 11.8 Å². The molecular formula is C19H15N5OS2. The number of nitrogens with one attached hydrogen (secondary N) is 1. The van der Waals surface area contributed by atoms with Crippen LogP contribution in [0.3, 0.4) is 0 Å². The fourth-order valence-electron chi connectivity index (χ4n) is 3.59. The summed E-state index contributed by atoms with van der Waals surface area (Å²) in [4.78, 5) is 5.53. The summed E-state index contributed by atoms with van der Waals surface area (Å²) in [6, 6.07) is 10.5. The van der Waals surface area contributed by atoms with E-state index in [0.29, 0.717) is 11.6 Å². The highest BCUT2D eigenvalue weighted by Gasteiger charge is 2.38. The molecular weight excluding hydrogens is 378 g/mol. The van der Waals surface area contributed by atoms with E-state index in [4.69, 9.17) is 4.74 Å². The number of nitrogens with zero attached hydrogens (tertiary/aromatic N) is 4. The molecule has 1 aromatic carbocycles. The van der Waals surface area contributed by atoms with E-state index in [0.717, 1.165) is 35.1 Å². The van der Waals surface area contributed by atoms with E-state index >= 15 is 0 Å². The summed E-state index contributed by atoms with van der Waals surface area (Å²) in [6.07, 6.45) is 7.11. The summed E-state index contributed by atoms with van der Waals surface area (Å²) in [5.41, 5.74) is 6.42. The zero-order chi connectivity index (χ0) is 18.3. The van der Waals surface area contributed by atoms with Crippen LogP contribution in [0.2, 0.25) is 0 Å². The van der Waals surface area contributed by atoms with Crippen LogP contribution in [-0.4, -0.2) is 31.0 Å². The monoisotopic (exact) mass is 393 g/mol. The molecule has 1 atom stereocenters. The molecule has 0 bridgehead atoms. The topological polar surface area (TPSA) is 76.6 Å². The number of hydrogen-bond donors (Lipinski definition) is 1. The fourth-order valence-corrected chi connectivity index (χ4v) is 4.93. The molecule has 5 rings (SSSR count). The minimum absolute atomic E-state index is 0.260. The number of benzene rings is 1. The number of rotatable bonds is 4. The summed E-state index contributed by atoms with van der Waals surface area (Å²) in [5.74, 6) is 0.505. The number of H-pyrrole nitrogens is 1. The Morgan fingerprint density at radius 3 is 2.81 bits per heavy atom. The van der Waals surface area contributed by atoms with Crippen LogP contribution >= 0.6 is 23.1 Å². The maximum Gasteiger partial charge on any atom is 0.255 e. The van der Waals surface area contributed by atoms with Gasteiger partial charge in [-0.3, -0.25) is 10.1 Å². The van der Waals surface area contributed by atoms with Crippen molar-refractivity contribution in [3.05, 3.63) is 69.8 Å². The van der Waals surface area contributed by atoms with E-state index < -0.39 is 0 Å². The number of hydrogen-bond acceptors (Lipinski definition) is 7. The van der Waals surface area contributed by atoms with Crippen molar-refractivity contribution in [1.29, 1.82) is 0 Å². The van der Waals surface area contributed by atoms with Crippen molar-refractivity contribution in [3.8, 4) is 17.3 Å². The number of thiazole rings is 1. The second kappa shape index (κ2) is 6.40. The molecule has 134 valence electrons. The SMILES string of the molecule is COc1nsnc1-c1n[nH]c2c1C=CC(c1ccccc1)(c1cncs1)C2. The van der Waals surface area contributed by atoms with Gasteiger partial charge in [-0.15, -0.1) is 15.7 Å². The Kier molecular flexibility index (Phi) is 3.87. The average Bonchev–Trinajstić information content (AvgIpc) is 3.47. The lowest BCUT2D eigenvalue weighted by Crippen LogP contribution is -2.29. The molecule has 0 aliphatic heterocycles. The first-order valence-electron chi connectivity index (χ1n) is 8.40. The van der Waals surface area contributed by atoms with Crippen LogP contribution in [0.5, 0.6) is 5.88 Å². The van der Waals surface area contributed by atoms with Crippen LogP contribution < -0.4 is 4.74 Å². The van der Waals surface area contributed by atoms with E-state index in [2.05, 4.69) is 60.3 Å². The first-order chi connectivity index (χ1) is 13.3. The molecule has 3 heterocycles. The summed E-state index contributed by atoms with van der Waals surface area (Å²) >= 11 is 2.80. The van der Waals surface area contributed by atoms with Gasteiger partial charge in [-0.05, 0) is 5.56 Å². The first kappa shape index (κ1) is 16.3. The van der Waals surface area contributed by atoms with E-state index in [1.54, 1.807) is 18.4 Å². The Labute approximate surface area is 163 Å². The highest BCUT2D eigenvalue weighted by Crippen LogP contribution is 2.44. The number of allylic oxidation sites excluding steroid dienone is 1. The average molecular weight is 393 g/mol. The summed E-state index contributed by atoms with van der Waals surface area (Å²) < 4.78 is 13.9. The normalized spacial score (nSPS) is 18.4. The molecule has 4 aromatic rings. The lowest BCUT2D eigenvalue weighted by atomic mass is 9.72. The Morgan fingerprint density at radius 1 is 1.15 bits per heavy atom. The number of fused-ring (bicyclic) bond motifs is 1. The van der Waals surface area contributed by atoms with Crippen molar-refractivity contribution < 1.29 is 4.74 Å². The highest BCUT2D eigenvalue weighted by molar-refractivity contribution is 7.09. The van der Waals surface area contributed by atoms with Crippen LogP contribution in [0.1, 0.15) is 21.7 Å². The van der Waals surface area contributed by atoms with Gasteiger partial charge in [0, 0.05) is 28.8 Å². The third kappa shape index (κ3) is 2.52. The summed E-state index contributed by atoms with van der Waals surface area (Å²) in [5, 5.41) is 7.74. The van der Waals surface area contributed by atoms with Crippen LogP contribution in [0.15, 0.2) is 48.1 Å². The van der Waals surface area contributed by atoms with E-state index in [1.165, 1.54) is 10.4 Å². The zero-order valence-electron chi connectivity index (χ0n) is 14.4. The molecule has 0 fully saturated rings. The van der Waals surface area contributed by atoms with Crippen molar-refractivity contribution in [2.75, 3.05) is 7.11 Å². The second-order valence-corrected chi connectivity index (χ2v) is 7.71. The fraction of sp³-hybridized carbons (Fsp3) is 0.158. The van der Waals surface area contributed by atoms with E-state index in [9.17, 15) is 0 Å². The largest absolute Gasteiger partial charge is 0.479 e. The Balaban J connectivity index is 1.64. The molecule has 0 radical (unpaired) electrons. The molecule has 0 amide bonds. The van der Waals surface area contributed by atoms with Crippen LogP contribution in [0.4, 0.5) is 0 Å². The van der Waals surface area contributed by atoms with Crippen LogP contribution in [0, 0.1) is 0 Å². The van der Waals surface area contributed by atoms with Gasteiger partial charge in [-0.25, -0.2) is 0 Å². The maximum atomic E-state index is 5.32. The van der Waals surface area contributed by atoms with E-state index in [-0.39, 0.29) is 5.41 Å². The van der Waals surface area contributed by atoms with Gasteiger partial charge in [0.2, 0.25) is 0 Å². The smallest absolute Gasteiger partial charge is 0.255 e.